The number of likely N-dealkylation sites (tertiary alicyclic amines) is 1. The van der Waals surface area contributed by atoms with Gasteiger partial charge in [0.05, 0.1) is 18.2 Å². The van der Waals surface area contributed by atoms with E-state index in [2.05, 4.69) is 4.98 Å². The first-order chi connectivity index (χ1) is 11.9. The topological polar surface area (TPSA) is 62.7 Å². The zero-order valence-electron chi connectivity index (χ0n) is 14.2. The molecule has 1 fully saturated rings. The number of hydrogen-bond acceptors (Lipinski definition) is 4. The van der Waals surface area contributed by atoms with Gasteiger partial charge in [0.25, 0.3) is 5.91 Å². The molecule has 1 N–H and O–H groups in total. The molecule has 0 bridgehead atoms. The number of aromatic nitrogens is 1. The van der Waals surface area contributed by atoms with Crippen LogP contribution in [0.3, 0.4) is 0 Å². The normalized spacial score (nSPS) is 20.1. The number of nitrogens with zero attached hydrogens (tertiary/aromatic N) is 2. The highest BCUT2D eigenvalue weighted by molar-refractivity contribution is 5.95. The Balaban J connectivity index is 1.85. The van der Waals surface area contributed by atoms with Crippen LogP contribution in [-0.2, 0) is 0 Å². The number of aliphatic hydroxyl groups excluding tert-OH is 1. The van der Waals surface area contributed by atoms with Gasteiger partial charge in [-0.1, -0.05) is 12.1 Å². The summed E-state index contributed by atoms with van der Waals surface area (Å²) in [5.74, 6) is -0.148. The Hall–Kier alpha value is -2.47. The number of carbonyl (C=O) groups excluding carboxylic acids is 1. The van der Waals surface area contributed by atoms with E-state index in [4.69, 9.17) is 4.74 Å². The Labute approximate surface area is 146 Å². The maximum absolute atomic E-state index is 13.2. The first-order valence-corrected chi connectivity index (χ1v) is 8.31. The van der Waals surface area contributed by atoms with Gasteiger partial charge < -0.3 is 14.7 Å². The highest BCUT2D eigenvalue weighted by atomic mass is 19.1. The smallest absolute Gasteiger partial charge is 0.254 e. The molecular formula is C19H21FN2O3. The fourth-order valence-corrected chi connectivity index (χ4v) is 3.05. The maximum atomic E-state index is 13.2. The molecule has 1 aliphatic rings. The maximum Gasteiger partial charge on any atom is 0.254 e. The molecule has 25 heavy (non-hydrogen) atoms. The third-order valence-corrected chi connectivity index (χ3v) is 4.13. The highest BCUT2D eigenvalue weighted by Gasteiger charge is 2.35. The van der Waals surface area contributed by atoms with Crippen LogP contribution in [0.5, 0.6) is 5.88 Å². The molecule has 1 aromatic carbocycles. The van der Waals surface area contributed by atoms with Crippen molar-refractivity contribution < 1.29 is 19.0 Å². The van der Waals surface area contributed by atoms with Crippen LogP contribution >= 0.6 is 0 Å². The summed E-state index contributed by atoms with van der Waals surface area (Å²) >= 11 is 0. The Kier molecular flexibility index (Phi) is 4.99. The first kappa shape index (κ1) is 17.4. The number of carbonyl (C=O) groups is 1. The van der Waals surface area contributed by atoms with Crippen LogP contribution in [-0.4, -0.2) is 39.7 Å². The molecule has 0 saturated carbocycles. The zero-order chi connectivity index (χ0) is 18.0. The molecule has 5 nitrogen and oxygen atoms in total. The molecular weight excluding hydrogens is 323 g/mol. The van der Waals surface area contributed by atoms with Crippen molar-refractivity contribution in [2.75, 3.05) is 6.54 Å². The third kappa shape index (κ3) is 3.96. The van der Waals surface area contributed by atoms with Gasteiger partial charge in [-0.15, -0.1) is 0 Å². The van der Waals surface area contributed by atoms with Gasteiger partial charge in [-0.2, -0.15) is 0 Å². The zero-order valence-corrected chi connectivity index (χ0v) is 14.2. The van der Waals surface area contributed by atoms with E-state index in [1.165, 1.54) is 18.3 Å². The lowest BCUT2D eigenvalue weighted by atomic mass is 10.0. The van der Waals surface area contributed by atoms with Gasteiger partial charge in [0.2, 0.25) is 5.88 Å². The second-order valence-corrected chi connectivity index (χ2v) is 6.46. The van der Waals surface area contributed by atoms with Gasteiger partial charge in [0.1, 0.15) is 5.82 Å². The molecule has 0 aliphatic carbocycles. The SMILES string of the molecule is CC(C)Oc1cc(C(=O)N2C[C@H](O)C[C@@H]2c2ccc(F)cc2)ccn1. The summed E-state index contributed by atoms with van der Waals surface area (Å²) in [4.78, 5) is 18.7. The third-order valence-electron chi connectivity index (χ3n) is 4.13. The van der Waals surface area contributed by atoms with Crippen molar-refractivity contribution in [3.63, 3.8) is 0 Å². The highest BCUT2D eigenvalue weighted by Crippen LogP contribution is 2.33. The van der Waals surface area contributed by atoms with Crippen molar-refractivity contribution in [1.82, 2.24) is 9.88 Å². The minimum absolute atomic E-state index is 0.0431. The fraction of sp³-hybridized carbons (Fsp3) is 0.368. The number of rotatable bonds is 4. The van der Waals surface area contributed by atoms with Crippen LogP contribution in [0.15, 0.2) is 42.6 Å². The van der Waals surface area contributed by atoms with Gasteiger partial charge in [-0.3, -0.25) is 4.79 Å². The van der Waals surface area contributed by atoms with Gasteiger partial charge in [0, 0.05) is 24.4 Å². The predicted octanol–water partition coefficient (Wildman–Crippen LogP) is 2.96. The Morgan fingerprint density at radius 1 is 1.32 bits per heavy atom. The molecule has 2 aromatic rings. The minimum atomic E-state index is -0.604. The van der Waals surface area contributed by atoms with Gasteiger partial charge in [-0.25, -0.2) is 9.37 Å². The van der Waals surface area contributed by atoms with Gasteiger partial charge in [-0.05, 0) is 44.0 Å². The van der Waals surface area contributed by atoms with E-state index in [0.717, 1.165) is 5.56 Å². The second-order valence-electron chi connectivity index (χ2n) is 6.46. The number of halogens is 1. The van der Waals surface area contributed by atoms with Crippen LogP contribution in [0.1, 0.15) is 42.2 Å². The van der Waals surface area contributed by atoms with Crippen molar-refractivity contribution in [3.05, 3.63) is 59.5 Å². The Morgan fingerprint density at radius 2 is 2.04 bits per heavy atom. The lowest BCUT2D eigenvalue weighted by Crippen LogP contribution is -2.31. The number of hydrogen-bond donors (Lipinski definition) is 1. The summed E-state index contributed by atoms with van der Waals surface area (Å²) in [7, 11) is 0. The average Bonchev–Trinajstić information content (AvgIpc) is 2.96. The van der Waals surface area contributed by atoms with Crippen molar-refractivity contribution in [2.24, 2.45) is 0 Å². The summed E-state index contributed by atoms with van der Waals surface area (Å²) in [5, 5.41) is 10.1. The summed E-state index contributed by atoms with van der Waals surface area (Å²) < 4.78 is 18.7. The second kappa shape index (κ2) is 7.19. The quantitative estimate of drug-likeness (QED) is 0.926. The number of β-amino-alcohol motifs (C(OH)–C–C–N with tert-alkyl or cyclic N) is 1. The molecule has 1 saturated heterocycles. The number of benzene rings is 1. The molecule has 132 valence electrons. The molecule has 1 amide bonds. The van der Waals surface area contributed by atoms with E-state index in [9.17, 15) is 14.3 Å². The van der Waals surface area contributed by atoms with Crippen LogP contribution in [0, 0.1) is 5.82 Å². The summed E-state index contributed by atoms with van der Waals surface area (Å²) in [6, 6.07) is 8.98. The lowest BCUT2D eigenvalue weighted by Gasteiger charge is -2.25. The number of pyridine rings is 1. The van der Waals surface area contributed by atoms with E-state index in [1.807, 2.05) is 13.8 Å². The van der Waals surface area contributed by atoms with E-state index in [1.54, 1.807) is 29.2 Å². The Bertz CT molecular complexity index is 749. The molecule has 2 heterocycles. The van der Waals surface area contributed by atoms with E-state index in [-0.39, 0.29) is 30.4 Å². The molecule has 3 rings (SSSR count). The van der Waals surface area contributed by atoms with Gasteiger partial charge in [0.15, 0.2) is 0 Å². The van der Waals surface area contributed by atoms with Crippen LogP contribution in [0.25, 0.3) is 0 Å². The molecule has 1 aliphatic heterocycles. The van der Waals surface area contributed by atoms with E-state index >= 15 is 0 Å². The van der Waals surface area contributed by atoms with Crippen LogP contribution in [0.2, 0.25) is 0 Å². The van der Waals surface area contributed by atoms with Crippen LogP contribution in [0.4, 0.5) is 4.39 Å². The molecule has 2 atom stereocenters. The number of ether oxygens (including phenoxy) is 1. The predicted molar refractivity (Wildman–Crippen MR) is 90.8 cm³/mol. The van der Waals surface area contributed by atoms with Crippen LogP contribution < -0.4 is 4.74 Å². The number of amides is 1. The van der Waals surface area contributed by atoms with E-state index < -0.39 is 6.10 Å². The number of aliphatic hydroxyl groups is 1. The van der Waals surface area contributed by atoms with E-state index in [0.29, 0.717) is 17.9 Å². The summed E-state index contributed by atoms with van der Waals surface area (Å²) in [6.07, 6.45) is 1.31. The largest absolute Gasteiger partial charge is 0.475 e. The average molecular weight is 344 g/mol. The molecule has 0 radical (unpaired) electrons. The molecule has 1 aromatic heterocycles. The van der Waals surface area contributed by atoms with Crippen molar-refractivity contribution >= 4 is 5.91 Å². The summed E-state index contributed by atoms with van der Waals surface area (Å²) in [6.45, 7) is 4.01. The van der Waals surface area contributed by atoms with Crippen molar-refractivity contribution in [3.8, 4) is 5.88 Å². The van der Waals surface area contributed by atoms with Crippen molar-refractivity contribution in [2.45, 2.75) is 38.5 Å². The molecule has 6 heteroatoms. The minimum Gasteiger partial charge on any atom is -0.475 e. The monoisotopic (exact) mass is 344 g/mol. The first-order valence-electron chi connectivity index (χ1n) is 8.31. The fourth-order valence-electron chi connectivity index (χ4n) is 3.05. The Morgan fingerprint density at radius 3 is 2.72 bits per heavy atom. The standard InChI is InChI=1S/C19H21FN2O3/c1-12(2)25-18-9-14(7-8-21-18)19(24)22-11-16(23)10-17(22)13-3-5-15(20)6-4-13/h3-9,12,16-17,23H,10-11H2,1-2H3/t16-,17-/m1/s1. The molecule has 0 unspecified atom stereocenters. The van der Waals surface area contributed by atoms with Gasteiger partial charge >= 0.3 is 0 Å². The molecule has 0 spiro atoms. The summed E-state index contributed by atoms with van der Waals surface area (Å²) in [5.41, 5.74) is 1.26. The van der Waals surface area contributed by atoms with Crippen molar-refractivity contribution in [1.29, 1.82) is 0 Å². The lowest BCUT2D eigenvalue weighted by molar-refractivity contribution is 0.0715.